The van der Waals surface area contributed by atoms with E-state index >= 15 is 0 Å². The van der Waals surface area contributed by atoms with Crippen LogP contribution < -0.4 is 14.8 Å². The summed E-state index contributed by atoms with van der Waals surface area (Å²) >= 11 is 5.95. The van der Waals surface area contributed by atoms with Crippen LogP contribution >= 0.6 is 11.6 Å². The number of esters is 1. The number of rotatable bonds is 6. The van der Waals surface area contributed by atoms with Crippen LogP contribution in [0.15, 0.2) is 42.5 Å². The van der Waals surface area contributed by atoms with Crippen molar-refractivity contribution in [3.8, 4) is 11.5 Å². The molecule has 0 aromatic heterocycles. The molecule has 0 heterocycles. The number of ether oxygens (including phenoxy) is 3. The summed E-state index contributed by atoms with van der Waals surface area (Å²) in [5.74, 6) is -0.184. The lowest BCUT2D eigenvalue weighted by Gasteiger charge is -2.25. The van der Waals surface area contributed by atoms with Crippen molar-refractivity contribution in [2.45, 2.75) is 32.4 Å². The molecule has 1 unspecified atom stereocenters. The lowest BCUT2D eigenvalue weighted by molar-refractivity contribution is -0.131. The minimum atomic E-state index is -1.18. The molecule has 0 fully saturated rings. The second-order valence-electron chi connectivity index (χ2n) is 7.15. The number of nitrogens with one attached hydrogen (secondary N) is 1. The molecule has 0 spiro atoms. The maximum absolute atomic E-state index is 12.9. The molecular formula is C21H24ClNO5. The molecule has 7 heteroatoms. The Bertz CT molecular complexity index is 860. The van der Waals surface area contributed by atoms with Gasteiger partial charge < -0.3 is 19.5 Å². The number of hydrogen-bond acceptors (Lipinski definition) is 5. The summed E-state index contributed by atoms with van der Waals surface area (Å²) in [5.41, 5.74) is 0.199. The quantitative estimate of drug-likeness (QED) is 0.730. The number of amides is 1. The third-order valence-corrected chi connectivity index (χ3v) is 3.97. The zero-order valence-electron chi connectivity index (χ0n) is 16.5. The van der Waals surface area contributed by atoms with E-state index in [1.807, 2.05) is 20.8 Å². The molecule has 2 aromatic carbocycles. The van der Waals surface area contributed by atoms with Crippen molar-refractivity contribution >= 4 is 23.5 Å². The summed E-state index contributed by atoms with van der Waals surface area (Å²) in [4.78, 5) is 25.5. The van der Waals surface area contributed by atoms with Crippen molar-refractivity contribution < 1.29 is 23.8 Å². The van der Waals surface area contributed by atoms with Gasteiger partial charge in [0.25, 0.3) is 5.91 Å². The number of carbonyl (C=O) groups excluding carboxylic acids is 2. The van der Waals surface area contributed by atoms with Crippen molar-refractivity contribution in [3.05, 3.63) is 58.6 Å². The zero-order chi connectivity index (χ0) is 20.9. The first-order chi connectivity index (χ1) is 13.1. The first kappa shape index (κ1) is 21.6. The molecule has 0 aliphatic carbocycles. The topological polar surface area (TPSA) is 73.9 Å². The molecule has 0 bridgehead atoms. The van der Waals surface area contributed by atoms with E-state index in [-0.39, 0.29) is 5.56 Å². The molecule has 0 aliphatic heterocycles. The fourth-order valence-electron chi connectivity index (χ4n) is 2.51. The van der Waals surface area contributed by atoms with Gasteiger partial charge in [-0.25, -0.2) is 4.79 Å². The predicted molar refractivity (Wildman–Crippen MR) is 107 cm³/mol. The maximum Gasteiger partial charge on any atom is 0.339 e. The van der Waals surface area contributed by atoms with Gasteiger partial charge in [-0.05, 0) is 51.1 Å². The number of hydrogen-bond donors (Lipinski definition) is 1. The molecule has 0 saturated carbocycles. The minimum Gasteiger partial charge on any atom is -0.493 e. The van der Waals surface area contributed by atoms with Gasteiger partial charge in [0.05, 0.1) is 19.8 Å². The van der Waals surface area contributed by atoms with Gasteiger partial charge in [-0.15, -0.1) is 0 Å². The summed E-state index contributed by atoms with van der Waals surface area (Å²) in [6.45, 7) is 5.53. The summed E-state index contributed by atoms with van der Waals surface area (Å²) in [5, 5.41) is 3.24. The highest BCUT2D eigenvalue weighted by molar-refractivity contribution is 6.30. The first-order valence-electron chi connectivity index (χ1n) is 8.65. The van der Waals surface area contributed by atoms with Crippen LogP contribution in [-0.4, -0.2) is 31.6 Å². The Balaban J connectivity index is 2.39. The second-order valence-corrected chi connectivity index (χ2v) is 7.59. The zero-order valence-corrected chi connectivity index (χ0v) is 17.3. The summed E-state index contributed by atoms with van der Waals surface area (Å²) in [6, 6.07) is 11.3. The Kier molecular flexibility index (Phi) is 6.91. The van der Waals surface area contributed by atoms with Gasteiger partial charge >= 0.3 is 5.97 Å². The van der Waals surface area contributed by atoms with E-state index < -0.39 is 23.5 Å². The van der Waals surface area contributed by atoms with E-state index in [9.17, 15) is 9.59 Å². The summed E-state index contributed by atoms with van der Waals surface area (Å²) in [6.07, 6.45) is -1.18. The molecule has 28 heavy (non-hydrogen) atoms. The van der Waals surface area contributed by atoms with Crippen molar-refractivity contribution in [3.63, 3.8) is 0 Å². The highest BCUT2D eigenvalue weighted by Crippen LogP contribution is 2.32. The second kappa shape index (κ2) is 8.97. The normalized spacial score (nSPS) is 12.1. The molecule has 0 radical (unpaired) electrons. The molecule has 0 saturated heterocycles. The number of methoxy groups -OCH3 is 2. The van der Waals surface area contributed by atoms with Crippen molar-refractivity contribution in [2.24, 2.45) is 0 Å². The van der Waals surface area contributed by atoms with E-state index in [0.717, 1.165) is 0 Å². The average Bonchev–Trinajstić information content (AvgIpc) is 2.63. The van der Waals surface area contributed by atoms with E-state index in [1.165, 1.54) is 20.3 Å². The fraction of sp³-hybridized carbons (Fsp3) is 0.333. The van der Waals surface area contributed by atoms with E-state index in [1.54, 1.807) is 36.4 Å². The van der Waals surface area contributed by atoms with Gasteiger partial charge in [-0.3, -0.25) is 4.79 Å². The predicted octanol–water partition coefficient (Wildman–Crippen LogP) is 4.17. The van der Waals surface area contributed by atoms with Gasteiger partial charge in [0, 0.05) is 16.1 Å². The number of carbonyl (C=O) groups is 2. The highest BCUT2D eigenvalue weighted by Gasteiger charge is 2.29. The third-order valence-electron chi connectivity index (χ3n) is 3.73. The van der Waals surface area contributed by atoms with Crippen LogP contribution in [0.1, 0.15) is 42.8 Å². The molecule has 0 aliphatic rings. The molecule has 6 nitrogen and oxygen atoms in total. The van der Waals surface area contributed by atoms with E-state index in [0.29, 0.717) is 22.1 Å². The van der Waals surface area contributed by atoms with E-state index in [4.69, 9.17) is 25.8 Å². The Labute approximate surface area is 169 Å². The van der Waals surface area contributed by atoms with Crippen LogP contribution in [0.4, 0.5) is 0 Å². The maximum atomic E-state index is 12.9. The molecule has 2 rings (SSSR count). The third kappa shape index (κ3) is 5.63. The van der Waals surface area contributed by atoms with Crippen LogP contribution in [0.25, 0.3) is 0 Å². The van der Waals surface area contributed by atoms with Gasteiger partial charge in [0.1, 0.15) is 0 Å². The Morgan fingerprint density at radius 1 is 1.00 bits per heavy atom. The lowest BCUT2D eigenvalue weighted by Crippen LogP contribution is -2.44. The Morgan fingerprint density at radius 2 is 1.68 bits per heavy atom. The largest absolute Gasteiger partial charge is 0.493 e. The van der Waals surface area contributed by atoms with Crippen LogP contribution in [0.5, 0.6) is 11.5 Å². The molecule has 2 aromatic rings. The first-order valence-corrected chi connectivity index (χ1v) is 9.03. The van der Waals surface area contributed by atoms with Crippen molar-refractivity contribution in [1.29, 1.82) is 0 Å². The Morgan fingerprint density at radius 3 is 2.25 bits per heavy atom. The molecule has 1 atom stereocenters. The lowest BCUT2D eigenvalue weighted by atomic mass is 10.0. The Hall–Kier alpha value is -2.73. The van der Waals surface area contributed by atoms with Gasteiger partial charge in [-0.1, -0.05) is 23.7 Å². The number of halogens is 1. The summed E-state index contributed by atoms with van der Waals surface area (Å²) < 4.78 is 16.1. The smallest absolute Gasteiger partial charge is 0.339 e. The summed E-state index contributed by atoms with van der Waals surface area (Å²) in [7, 11) is 3.00. The molecule has 1 amide bonds. The van der Waals surface area contributed by atoms with Crippen molar-refractivity contribution in [2.75, 3.05) is 14.2 Å². The van der Waals surface area contributed by atoms with Gasteiger partial charge in [0.2, 0.25) is 6.10 Å². The molecule has 1 N–H and O–H groups in total. The van der Waals surface area contributed by atoms with Crippen molar-refractivity contribution in [1.82, 2.24) is 5.32 Å². The fourth-order valence-corrected chi connectivity index (χ4v) is 2.70. The van der Waals surface area contributed by atoms with E-state index in [2.05, 4.69) is 5.32 Å². The van der Waals surface area contributed by atoms with Crippen LogP contribution in [0.3, 0.4) is 0 Å². The average molecular weight is 406 g/mol. The SMILES string of the molecule is COc1ccc(C(OC(=O)c2cccc(Cl)c2)C(=O)NC(C)(C)C)cc1OC. The standard InChI is InChI=1S/C21H24ClNO5/c1-21(2,3)23-19(24)18(13-9-10-16(26-4)17(12-13)27-5)28-20(25)14-7-6-8-15(22)11-14/h6-12,18H,1-5H3,(H,23,24). The number of benzene rings is 2. The molecule has 150 valence electrons. The van der Waals surface area contributed by atoms with Crippen LogP contribution in [-0.2, 0) is 9.53 Å². The van der Waals surface area contributed by atoms with Crippen LogP contribution in [0.2, 0.25) is 5.02 Å². The monoisotopic (exact) mass is 405 g/mol. The molecular weight excluding hydrogens is 382 g/mol. The highest BCUT2D eigenvalue weighted by atomic mass is 35.5. The minimum absolute atomic E-state index is 0.251. The van der Waals surface area contributed by atoms with Gasteiger partial charge in [-0.2, -0.15) is 0 Å². The van der Waals surface area contributed by atoms with Crippen LogP contribution in [0, 0.1) is 0 Å². The van der Waals surface area contributed by atoms with Gasteiger partial charge in [0.15, 0.2) is 11.5 Å².